The largest absolute Gasteiger partial charge is 0.477 e. The number of aliphatic hydroxyl groups excluding tert-OH is 3. The molecule has 0 bridgehead atoms. The van der Waals surface area contributed by atoms with Crippen molar-refractivity contribution < 1.29 is 39.5 Å². The van der Waals surface area contributed by atoms with E-state index in [4.69, 9.17) is 9.47 Å². The molecule has 6 atom stereocenters. The highest BCUT2D eigenvalue weighted by Gasteiger charge is 2.55. The maximum atomic E-state index is 12.5. The van der Waals surface area contributed by atoms with Crippen LogP contribution in [0.4, 0.5) is 0 Å². The van der Waals surface area contributed by atoms with Crippen LogP contribution in [0.25, 0.3) is 22.4 Å². The minimum atomic E-state index is -2.34. The molecule has 0 saturated carbocycles. The third-order valence-electron chi connectivity index (χ3n) is 8.22. The number of hydrogen-bond donors (Lipinski definition) is 6. The van der Waals surface area contributed by atoms with Crippen molar-refractivity contribution in [3.8, 4) is 22.4 Å². The fourth-order valence-corrected chi connectivity index (χ4v) is 5.72. The number of carbonyl (C=O) groups is 2. The molecule has 1 amide bonds. The first-order valence-corrected chi connectivity index (χ1v) is 15.8. The van der Waals surface area contributed by atoms with Gasteiger partial charge in [-0.1, -0.05) is 90.1 Å². The Bertz CT molecular complexity index is 1620. The summed E-state index contributed by atoms with van der Waals surface area (Å²) in [7, 11) is 0. The molecule has 254 valence electrons. The average molecular weight is 660 g/mol. The van der Waals surface area contributed by atoms with E-state index < -0.39 is 54.5 Å². The molecule has 1 aromatic heterocycles. The van der Waals surface area contributed by atoms with Crippen molar-refractivity contribution in [2.75, 3.05) is 13.2 Å². The van der Waals surface area contributed by atoms with E-state index in [2.05, 4.69) is 20.9 Å². The lowest BCUT2D eigenvalue weighted by atomic mass is 9.88. The van der Waals surface area contributed by atoms with Crippen molar-refractivity contribution in [2.45, 2.75) is 69.1 Å². The Morgan fingerprint density at radius 3 is 2.31 bits per heavy atom. The summed E-state index contributed by atoms with van der Waals surface area (Å²) in [5.41, 5.74) is 4.72. The first-order chi connectivity index (χ1) is 23.1. The molecule has 5 rings (SSSR count). The van der Waals surface area contributed by atoms with Gasteiger partial charge in [-0.2, -0.15) is 0 Å². The summed E-state index contributed by atoms with van der Waals surface area (Å²) in [6, 6.07) is 26.2. The number of nitrogens with one attached hydrogen (secondary N) is 2. The van der Waals surface area contributed by atoms with Crippen LogP contribution >= 0.6 is 0 Å². The molecule has 1 fully saturated rings. The molecule has 6 N–H and O–H groups in total. The predicted molar refractivity (Wildman–Crippen MR) is 175 cm³/mol. The third kappa shape index (κ3) is 8.69. The molecule has 0 unspecified atom stereocenters. The second-order valence-electron chi connectivity index (χ2n) is 11.8. The molecule has 13 nitrogen and oxygen atoms in total. The summed E-state index contributed by atoms with van der Waals surface area (Å²) in [4.78, 5) is 24.5. The van der Waals surface area contributed by atoms with Gasteiger partial charge in [0.1, 0.15) is 17.9 Å². The number of carbonyl (C=O) groups excluding carboxylic acids is 1. The summed E-state index contributed by atoms with van der Waals surface area (Å²) in [6.45, 7) is 1.80. The topological polar surface area (TPSA) is 188 Å². The lowest BCUT2D eigenvalue weighted by Crippen LogP contribution is -2.68. The normalized spacial score (nSPS) is 22.1. The van der Waals surface area contributed by atoms with Crippen LogP contribution in [0.3, 0.4) is 0 Å². The van der Waals surface area contributed by atoms with Gasteiger partial charge >= 0.3 is 5.97 Å². The number of nitrogens with zero attached hydrogens (tertiary/aromatic N) is 3. The fraction of sp³-hybridized carbons (Fsp3) is 0.371. The van der Waals surface area contributed by atoms with Crippen LogP contribution in [0.15, 0.2) is 91.1 Å². The van der Waals surface area contributed by atoms with Gasteiger partial charge < -0.3 is 40.5 Å². The summed E-state index contributed by atoms with van der Waals surface area (Å²) in [6.07, 6.45) is -4.50. The van der Waals surface area contributed by atoms with Crippen molar-refractivity contribution in [3.05, 3.63) is 96.7 Å². The smallest absolute Gasteiger partial charge is 0.364 e. The Kier molecular flexibility index (Phi) is 11.7. The van der Waals surface area contributed by atoms with Gasteiger partial charge in [-0.05, 0) is 23.1 Å². The van der Waals surface area contributed by atoms with Crippen LogP contribution in [0.2, 0.25) is 0 Å². The van der Waals surface area contributed by atoms with Crippen molar-refractivity contribution in [1.29, 1.82) is 0 Å². The molecular weight excluding hydrogens is 618 g/mol. The number of aryl methyl sites for hydroxylation is 1. The van der Waals surface area contributed by atoms with Crippen LogP contribution in [0.1, 0.15) is 25.3 Å². The lowest BCUT2D eigenvalue weighted by molar-refractivity contribution is -0.310. The Hall–Kier alpha value is -4.50. The second-order valence-corrected chi connectivity index (χ2v) is 11.8. The number of amides is 1. The van der Waals surface area contributed by atoms with Gasteiger partial charge in [-0.25, -0.2) is 4.79 Å². The summed E-state index contributed by atoms with van der Waals surface area (Å²) < 4.78 is 13.2. The monoisotopic (exact) mass is 659 g/mol. The van der Waals surface area contributed by atoms with E-state index in [1.165, 1.54) is 6.92 Å². The Morgan fingerprint density at radius 1 is 1.00 bits per heavy atom. The van der Waals surface area contributed by atoms with Gasteiger partial charge in [0, 0.05) is 38.5 Å². The van der Waals surface area contributed by atoms with Gasteiger partial charge in [0.2, 0.25) is 5.91 Å². The lowest BCUT2D eigenvalue weighted by Gasteiger charge is -2.46. The average Bonchev–Trinajstić information content (AvgIpc) is 3.57. The van der Waals surface area contributed by atoms with E-state index in [9.17, 15) is 30.0 Å². The number of carboxylic acids is 1. The molecule has 48 heavy (non-hydrogen) atoms. The first-order valence-electron chi connectivity index (χ1n) is 15.8. The van der Waals surface area contributed by atoms with Crippen LogP contribution in [0, 0.1) is 0 Å². The van der Waals surface area contributed by atoms with E-state index in [1.807, 2.05) is 84.9 Å². The summed E-state index contributed by atoms with van der Waals surface area (Å²) in [5, 5.41) is 57.0. The number of aromatic nitrogens is 3. The highest BCUT2D eigenvalue weighted by Crippen LogP contribution is 2.34. The number of aliphatic carboxylic acids is 1. The van der Waals surface area contributed by atoms with Gasteiger partial charge in [0.25, 0.3) is 5.79 Å². The van der Waals surface area contributed by atoms with Gasteiger partial charge in [-0.15, -0.1) is 5.10 Å². The van der Waals surface area contributed by atoms with E-state index in [0.717, 1.165) is 22.3 Å². The summed E-state index contributed by atoms with van der Waals surface area (Å²) >= 11 is 0. The third-order valence-corrected chi connectivity index (χ3v) is 8.22. The minimum Gasteiger partial charge on any atom is -0.477 e. The number of aliphatic hydroxyl groups is 3. The molecule has 1 aliphatic heterocycles. The molecule has 1 saturated heterocycles. The number of benzene rings is 3. The zero-order valence-corrected chi connectivity index (χ0v) is 26.6. The SMILES string of the molecule is CC(=O)N[C@H]1[C@H]([C@H](O)[C@H](O)CNCc2ccccc2)O[C@@](OCCCn2cc(-c3ccc(-c4ccccc4)cc3)nn2)(C(=O)O)C[C@@H]1O. The van der Waals surface area contributed by atoms with Crippen molar-refractivity contribution >= 4 is 11.9 Å². The second kappa shape index (κ2) is 16.1. The van der Waals surface area contributed by atoms with E-state index >= 15 is 0 Å². The molecule has 2 heterocycles. The molecule has 0 radical (unpaired) electrons. The van der Waals surface area contributed by atoms with E-state index in [0.29, 0.717) is 25.2 Å². The maximum Gasteiger partial charge on any atom is 0.364 e. The van der Waals surface area contributed by atoms with Crippen LogP contribution in [-0.2, 0) is 32.2 Å². The zero-order valence-electron chi connectivity index (χ0n) is 26.6. The maximum absolute atomic E-state index is 12.5. The summed E-state index contributed by atoms with van der Waals surface area (Å²) in [5.74, 6) is -4.39. The van der Waals surface area contributed by atoms with Gasteiger partial charge in [-0.3, -0.25) is 9.48 Å². The number of carboxylic acid groups (broad SMARTS) is 1. The highest BCUT2D eigenvalue weighted by molar-refractivity contribution is 5.76. The first kappa shape index (κ1) is 34.8. The predicted octanol–water partition coefficient (Wildman–Crippen LogP) is 1.97. The van der Waals surface area contributed by atoms with Crippen LogP contribution in [-0.4, -0.2) is 96.7 Å². The van der Waals surface area contributed by atoms with Crippen molar-refractivity contribution in [2.24, 2.45) is 0 Å². The molecule has 3 aromatic carbocycles. The van der Waals surface area contributed by atoms with Crippen LogP contribution < -0.4 is 10.6 Å². The van der Waals surface area contributed by atoms with Crippen molar-refractivity contribution in [3.63, 3.8) is 0 Å². The Morgan fingerprint density at radius 2 is 1.65 bits per heavy atom. The number of hydrogen-bond acceptors (Lipinski definition) is 10. The molecule has 1 aliphatic rings. The zero-order chi connectivity index (χ0) is 34.1. The minimum absolute atomic E-state index is 0.0726. The van der Waals surface area contributed by atoms with Gasteiger partial charge in [0.05, 0.1) is 31.1 Å². The number of rotatable bonds is 15. The van der Waals surface area contributed by atoms with Crippen molar-refractivity contribution in [1.82, 2.24) is 25.6 Å². The molecular formula is C35H41N5O8. The Labute approximate surface area is 278 Å². The van der Waals surface area contributed by atoms with E-state index in [-0.39, 0.29) is 13.2 Å². The quantitative estimate of drug-likeness (QED) is 0.102. The van der Waals surface area contributed by atoms with E-state index in [1.54, 1.807) is 10.9 Å². The highest BCUT2D eigenvalue weighted by atomic mass is 16.7. The van der Waals surface area contributed by atoms with Crippen LogP contribution in [0.5, 0.6) is 0 Å². The number of ether oxygens (including phenoxy) is 2. The Balaban J connectivity index is 1.19. The molecule has 13 heteroatoms. The standard InChI is InChI=1S/C35H41N5O8/c1-23(41)37-31-29(42)19-35(34(45)46,48-33(31)32(44)30(43)21-36-20-24-9-4-2-5-10-24)47-18-8-17-40-22-28(38-39-40)27-15-13-26(14-16-27)25-11-6-3-7-12-25/h2-7,9-16,22,29-33,36,42-44H,8,17-21H2,1H3,(H,37,41)(H,45,46)/t29-,30+,31+,32+,33+,35+/m0/s1. The molecule has 4 aromatic rings. The fourth-order valence-electron chi connectivity index (χ4n) is 5.72. The molecule has 0 spiro atoms. The molecule has 0 aliphatic carbocycles. The van der Waals surface area contributed by atoms with Gasteiger partial charge in [0.15, 0.2) is 0 Å².